The van der Waals surface area contributed by atoms with E-state index in [2.05, 4.69) is 0 Å². The summed E-state index contributed by atoms with van der Waals surface area (Å²) in [5, 5.41) is 0. The summed E-state index contributed by atoms with van der Waals surface area (Å²) in [4.78, 5) is 25.0. The van der Waals surface area contributed by atoms with Crippen molar-refractivity contribution in [3.63, 3.8) is 0 Å². The highest BCUT2D eigenvalue weighted by Crippen LogP contribution is 2.22. The minimum absolute atomic E-state index is 0.169. The van der Waals surface area contributed by atoms with Gasteiger partial charge in [-0.25, -0.2) is 0 Å². The fourth-order valence-corrected chi connectivity index (χ4v) is 3.10. The Morgan fingerprint density at radius 1 is 0.808 bits per heavy atom. The molecule has 0 amide bonds. The van der Waals surface area contributed by atoms with E-state index in [1.165, 1.54) is 0 Å². The van der Waals surface area contributed by atoms with Gasteiger partial charge < -0.3 is 9.47 Å². The number of hydrogen-bond donors (Lipinski definition) is 0. The lowest BCUT2D eigenvalue weighted by atomic mass is 9.90. The summed E-state index contributed by atoms with van der Waals surface area (Å²) < 4.78 is 11.1. The van der Waals surface area contributed by atoms with Crippen molar-refractivity contribution in [3.05, 3.63) is 47.5 Å². The number of carbonyl (C=O) groups is 2. The fourth-order valence-electron chi connectivity index (χ4n) is 3.10. The van der Waals surface area contributed by atoms with Crippen LogP contribution in [0.25, 0.3) is 0 Å². The monoisotopic (exact) mass is 358 g/mol. The lowest BCUT2D eigenvalue weighted by Crippen LogP contribution is -2.22. The van der Waals surface area contributed by atoms with Gasteiger partial charge in [0, 0.05) is 0 Å². The molecule has 1 aromatic carbocycles. The Hall–Kier alpha value is -2.10. The molecule has 0 spiro atoms. The van der Waals surface area contributed by atoms with Crippen molar-refractivity contribution in [1.82, 2.24) is 0 Å². The molecule has 0 N–H and O–H groups in total. The Kier molecular flexibility index (Phi) is 7.43. The molecule has 142 valence electrons. The third-order valence-corrected chi connectivity index (χ3v) is 4.92. The zero-order valence-electron chi connectivity index (χ0n) is 16.2. The lowest BCUT2D eigenvalue weighted by Gasteiger charge is -2.18. The molecule has 1 aromatic rings. The van der Waals surface area contributed by atoms with Gasteiger partial charge in [-0.2, -0.15) is 0 Å². The molecule has 1 heterocycles. The average Bonchev–Trinajstić information content (AvgIpc) is 2.60. The van der Waals surface area contributed by atoms with Gasteiger partial charge in [-0.3, -0.25) is 9.59 Å². The minimum atomic E-state index is -0.177. The van der Waals surface area contributed by atoms with Gasteiger partial charge in [0.1, 0.15) is 13.2 Å². The Morgan fingerprint density at radius 3 is 1.62 bits per heavy atom. The van der Waals surface area contributed by atoms with Gasteiger partial charge >= 0.3 is 11.9 Å². The van der Waals surface area contributed by atoms with Crippen LogP contribution in [0.15, 0.2) is 36.4 Å². The van der Waals surface area contributed by atoms with Gasteiger partial charge in [0.15, 0.2) is 0 Å². The number of rotatable bonds is 2. The molecule has 0 saturated carbocycles. The first kappa shape index (κ1) is 20.2. The Morgan fingerprint density at radius 2 is 1.23 bits per heavy atom. The van der Waals surface area contributed by atoms with Crippen LogP contribution in [-0.2, 0) is 32.3 Å². The standard InChI is InChI=1S/C22H30O4/c1-15(2)19-10-5-6-11-20(16(3)4)22(24)26-14-18-9-7-8-17(12-18)13-25-21(19)23/h5-9,12,15-16,19-20H,10-11,13-14H2,1-4H3/b6-5+/t19-,20-/m0/s1. The molecule has 0 aromatic heterocycles. The average molecular weight is 358 g/mol. The van der Waals surface area contributed by atoms with Crippen molar-refractivity contribution in [3.8, 4) is 0 Å². The third kappa shape index (κ3) is 5.72. The number of carbonyl (C=O) groups excluding carboxylic acids is 2. The maximum Gasteiger partial charge on any atom is 0.309 e. The molecule has 4 nitrogen and oxygen atoms in total. The van der Waals surface area contributed by atoms with E-state index in [4.69, 9.17) is 9.47 Å². The van der Waals surface area contributed by atoms with E-state index in [1.807, 2.05) is 64.1 Å². The maximum absolute atomic E-state index is 12.5. The predicted molar refractivity (Wildman–Crippen MR) is 101 cm³/mol. The van der Waals surface area contributed by atoms with Crippen molar-refractivity contribution in [2.24, 2.45) is 23.7 Å². The molecule has 1 aliphatic rings. The van der Waals surface area contributed by atoms with E-state index in [9.17, 15) is 9.59 Å². The molecule has 2 bridgehead atoms. The molecule has 0 radical (unpaired) electrons. The van der Waals surface area contributed by atoms with E-state index in [0.29, 0.717) is 12.8 Å². The molecule has 0 fully saturated rings. The quantitative estimate of drug-likeness (QED) is 0.569. The van der Waals surface area contributed by atoms with Gasteiger partial charge in [-0.05, 0) is 41.9 Å². The largest absolute Gasteiger partial charge is 0.461 e. The summed E-state index contributed by atoms with van der Waals surface area (Å²) in [6, 6.07) is 7.65. The second-order valence-corrected chi connectivity index (χ2v) is 7.68. The highest BCUT2D eigenvalue weighted by molar-refractivity contribution is 5.73. The molecule has 4 heteroatoms. The first-order valence-corrected chi connectivity index (χ1v) is 9.44. The van der Waals surface area contributed by atoms with Crippen LogP contribution < -0.4 is 0 Å². The van der Waals surface area contributed by atoms with Crippen LogP contribution in [0.5, 0.6) is 0 Å². The molecular weight excluding hydrogens is 328 g/mol. The lowest BCUT2D eigenvalue weighted by molar-refractivity contribution is -0.152. The summed E-state index contributed by atoms with van der Waals surface area (Å²) in [7, 11) is 0. The summed E-state index contributed by atoms with van der Waals surface area (Å²) in [5.41, 5.74) is 1.81. The van der Waals surface area contributed by atoms with Crippen molar-refractivity contribution in [2.75, 3.05) is 0 Å². The van der Waals surface area contributed by atoms with Gasteiger partial charge in [0.2, 0.25) is 0 Å². The topological polar surface area (TPSA) is 52.6 Å². The van der Waals surface area contributed by atoms with Gasteiger partial charge in [0.05, 0.1) is 11.8 Å². The summed E-state index contributed by atoms with van der Waals surface area (Å²) in [6.45, 7) is 8.60. The number of esters is 2. The Balaban J connectivity index is 2.25. The molecule has 1 aliphatic heterocycles. The predicted octanol–water partition coefficient (Wildman–Crippen LogP) is 4.67. The maximum atomic E-state index is 12.5. The normalized spacial score (nSPS) is 23.8. The third-order valence-electron chi connectivity index (χ3n) is 4.92. The van der Waals surface area contributed by atoms with E-state index in [1.54, 1.807) is 0 Å². The number of allylic oxidation sites excluding steroid dienone is 2. The zero-order chi connectivity index (χ0) is 19.1. The molecule has 2 rings (SSSR count). The minimum Gasteiger partial charge on any atom is -0.461 e. The van der Waals surface area contributed by atoms with Crippen molar-refractivity contribution in [1.29, 1.82) is 0 Å². The summed E-state index contributed by atoms with van der Waals surface area (Å²) >= 11 is 0. The second-order valence-electron chi connectivity index (χ2n) is 7.68. The fraction of sp³-hybridized carbons (Fsp3) is 0.545. The van der Waals surface area contributed by atoms with Crippen LogP contribution in [0, 0.1) is 23.7 Å². The Bertz CT molecular complexity index is 594. The SMILES string of the molecule is CC(C)[C@@H]1C/C=C/C[C@@H](C(C)C)C(=O)OCc2cccc(c2)COC1=O. The Labute approximate surface area is 156 Å². The molecule has 26 heavy (non-hydrogen) atoms. The number of fused-ring (bicyclic) bond motifs is 2. The summed E-state index contributed by atoms with van der Waals surface area (Å²) in [5.74, 6) is -0.302. The first-order chi connectivity index (χ1) is 12.4. The van der Waals surface area contributed by atoms with Gasteiger partial charge in [-0.15, -0.1) is 0 Å². The number of hydrogen-bond acceptors (Lipinski definition) is 4. The summed E-state index contributed by atoms with van der Waals surface area (Å²) in [6.07, 6.45) is 5.23. The highest BCUT2D eigenvalue weighted by atomic mass is 16.5. The van der Waals surface area contributed by atoms with Crippen LogP contribution in [0.4, 0.5) is 0 Å². The zero-order valence-corrected chi connectivity index (χ0v) is 16.2. The van der Waals surface area contributed by atoms with Crippen molar-refractivity contribution < 1.29 is 19.1 Å². The van der Waals surface area contributed by atoms with Crippen LogP contribution in [0.3, 0.4) is 0 Å². The van der Waals surface area contributed by atoms with E-state index >= 15 is 0 Å². The van der Waals surface area contributed by atoms with Crippen LogP contribution >= 0.6 is 0 Å². The van der Waals surface area contributed by atoms with Gasteiger partial charge in [-0.1, -0.05) is 58.0 Å². The van der Waals surface area contributed by atoms with E-state index in [0.717, 1.165) is 11.1 Å². The van der Waals surface area contributed by atoms with Crippen LogP contribution in [0.2, 0.25) is 0 Å². The smallest absolute Gasteiger partial charge is 0.309 e. The van der Waals surface area contributed by atoms with Crippen LogP contribution in [-0.4, -0.2) is 11.9 Å². The second kappa shape index (κ2) is 9.56. The van der Waals surface area contributed by atoms with Gasteiger partial charge in [0.25, 0.3) is 0 Å². The van der Waals surface area contributed by atoms with E-state index < -0.39 is 0 Å². The molecule has 0 saturated heterocycles. The number of ether oxygens (including phenoxy) is 2. The van der Waals surface area contributed by atoms with Crippen molar-refractivity contribution in [2.45, 2.75) is 53.8 Å². The van der Waals surface area contributed by atoms with Crippen molar-refractivity contribution >= 4 is 11.9 Å². The first-order valence-electron chi connectivity index (χ1n) is 9.44. The number of benzene rings is 1. The highest BCUT2D eigenvalue weighted by Gasteiger charge is 2.25. The molecular formula is C22H30O4. The number of cyclic esters (lactones) is 2. The molecule has 0 unspecified atom stereocenters. The molecule has 0 aliphatic carbocycles. The van der Waals surface area contributed by atoms with E-state index in [-0.39, 0.29) is 48.8 Å². The molecule has 2 atom stereocenters. The van der Waals surface area contributed by atoms with Crippen LogP contribution in [0.1, 0.15) is 51.7 Å².